The summed E-state index contributed by atoms with van der Waals surface area (Å²) >= 11 is 0. The largest absolute Gasteiger partial charge is 0.508 e. The fraction of sp³-hybridized carbons (Fsp3) is 0.333. The van der Waals surface area contributed by atoms with Crippen molar-refractivity contribution >= 4 is 0 Å². The first kappa shape index (κ1) is 12.7. The maximum absolute atomic E-state index is 9.26. The molecule has 0 atom stereocenters. The Morgan fingerprint density at radius 1 is 1.17 bits per heavy atom. The van der Waals surface area contributed by atoms with Crippen molar-refractivity contribution < 1.29 is 5.11 Å². The Kier molecular flexibility index (Phi) is 4.42. The summed E-state index contributed by atoms with van der Waals surface area (Å²) in [6.45, 7) is 4.96. The Bertz CT molecular complexity index is 473. The predicted octanol–water partition coefficient (Wildman–Crippen LogP) is 2.74. The van der Waals surface area contributed by atoms with E-state index in [9.17, 15) is 5.11 Å². The van der Waals surface area contributed by atoms with Crippen molar-refractivity contribution in [2.24, 2.45) is 0 Å². The molecule has 1 heterocycles. The number of phenols is 1. The van der Waals surface area contributed by atoms with Gasteiger partial charge in [0, 0.05) is 25.0 Å². The second-order valence-corrected chi connectivity index (χ2v) is 4.47. The summed E-state index contributed by atoms with van der Waals surface area (Å²) in [6, 6.07) is 11.6. The number of phenolic OH excluding ortho intramolecular Hbond substituents is 1. The van der Waals surface area contributed by atoms with Gasteiger partial charge in [-0.1, -0.05) is 19.1 Å². The molecule has 2 rings (SSSR count). The third-order valence-electron chi connectivity index (χ3n) is 2.95. The van der Waals surface area contributed by atoms with Crippen LogP contribution >= 0.6 is 0 Å². The summed E-state index contributed by atoms with van der Waals surface area (Å²) in [4.78, 5) is 0. The molecule has 0 saturated heterocycles. The van der Waals surface area contributed by atoms with Crippen molar-refractivity contribution in [2.75, 3.05) is 6.54 Å². The second-order valence-electron chi connectivity index (χ2n) is 4.47. The number of aromatic nitrogens is 1. The number of hydrogen-bond donors (Lipinski definition) is 2. The van der Waals surface area contributed by atoms with Crippen LogP contribution in [0.4, 0.5) is 0 Å². The highest BCUT2D eigenvalue weighted by Crippen LogP contribution is 2.12. The number of rotatable bonds is 6. The molecule has 18 heavy (non-hydrogen) atoms. The molecular weight excluding hydrogens is 224 g/mol. The van der Waals surface area contributed by atoms with Crippen molar-refractivity contribution in [3.05, 3.63) is 53.9 Å². The van der Waals surface area contributed by atoms with Crippen LogP contribution in [0.2, 0.25) is 0 Å². The van der Waals surface area contributed by atoms with Gasteiger partial charge in [0.05, 0.1) is 0 Å². The number of hydrogen-bond acceptors (Lipinski definition) is 2. The minimum atomic E-state index is 0.316. The molecule has 0 bridgehead atoms. The van der Waals surface area contributed by atoms with Crippen molar-refractivity contribution in [2.45, 2.75) is 26.4 Å². The van der Waals surface area contributed by atoms with E-state index < -0.39 is 0 Å². The van der Waals surface area contributed by atoms with Crippen LogP contribution in [0.25, 0.3) is 0 Å². The van der Waals surface area contributed by atoms with E-state index in [0.717, 1.165) is 26.1 Å². The Balaban J connectivity index is 2.00. The maximum Gasteiger partial charge on any atom is 0.115 e. The lowest BCUT2D eigenvalue weighted by atomic mass is 10.2. The first-order valence-corrected chi connectivity index (χ1v) is 6.42. The molecule has 0 fully saturated rings. The lowest BCUT2D eigenvalue weighted by Gasteiger charge is -2.10. The van der Waals surface area contributed by atoms with Crippen LogP contribution in [0.3, 0.4) is 0 Å². The molecular formula is C15H20N2O. The van der Waals surface area contributed by atoms with Gasteiger partial charge in [-0.15, -0.1) is 0 Å². The van der Waals surface area contributed by atoms with Crippen LogP contribution in [0.15, 0.2) is 42.6 Å². The summed E-state index contributed by atoms with van der Waals surface area (Å²) in [5.41, 5.74) is 2.48. The molecule has 0 aliphatic heterocycles. The van der Waals surface area contributed by atoms with Crippen molar-refractivity contribution in [3.63, 3.8) is 0 Å². The molecule has 0 aliphatic rings. The number of nitrogens with one attached hydrogen (secondary N) is 1. The van der Waals surface area contributed by atoms with E-state index in [1.165, 1.54) is 11.3 Å². The highest BCUT2D eigenvalue weighted by molar-refractivity contribution is 5.26. The van der Waals surface area contributed by atoms with E-state index in [1.807, 2.05) is 12.1 Å². The maximum atomic E-state index is 9.26. The predicted molar refractivity (Wildman–Crippen MR) is 73.6 cm³/mol. The standard InChI is InChI=1S/C15H20N2O/c1-2-9-16-11-14-4-3-10-17(14)12-13-5-7-15(18)8-6-13/h3-8,10,16,18H,2,9,11-12H2,1H3. The van der Waals surface area contributed by atoms with Crippen LogP contribution in [0, 0.1) is 0 Å². The smallest absolute Gasteiger partial charge is 0.115 e. The number of aromatic hydroxyl groups is 1. The molecule has 96 valence electrons. The lowest BCUT2D eigenvalue weighted by molar-refractivity contribution is 0.475. The highest BCUT2D eigenvalue weighted by atomic mass is 16.3. The second kappa shape index (κ2) is 6.26. The van der Waals surface area contributed by atoms with Crippen LogP contribution in [-0.4, -0.2) is 16.2 Å². The van der Waals surface area contributed by atoms with Gasteiger partial charge >= 0.3 is 0 Å². The van der Waals surface area contributed by atoms with Gasteiger partial charge in [-0.05, 0) is 42.8 Å². The highest BCUT2D eigenvalue weighted by Gasteiger charge is 2.01. The van der Waals surface area contributed by atoms with E-state index in [2.05, 4.69) is 35.1 Å². The summed E-state index contributed by atoms with van der Waals surface area (Å²) in [5.74, 6) is 0.316. The normalized spacial score (nSPS) is 10.7. The molecule has 0 saturated carbocycles. The average Bonchev–Trinajstić information content (AvgIpc) is 2.80. The van der Waals surface area contributed by atoms with Crippen LogP contribution in [-0.2, 0) is 13.1 Å². The third kappa shape index (κ3) is 3.37. The molecule has 3 nitrogen and oxygen atoms in total. The summed E-state index contributed by atoms with van der Waals surface area (Å²) in [6.07, 6.45) is 3.24. The fourth-order valence-corrected chi connectivity index (χ4v) is 1.96. The molecule has 0 aliphatic carbocycles. The molecule has 0 spiro atoms. The zero-order valence-electron chi connectivity index (χ0n) is 10.8. The first-order chi connectivity index (χ1) is 8.79. The summed E-state index contributed by atoms with van der Waals surface area (Å²) in [5, 5.41) is 12.7. The van der Waals surface area contributed by atoms with Crippen LogP contribution in [0.5, 0.6) is 5.75 Å². The van der Waals surface area contributed by atoms with E-state index in [1.54, 1.807) is 12.1 Å². The SMILES string of the molecule is CCCNCc1cccn1Cc1ccc(O)cc1. The minimum absolute atomic E-state index is 0.316. The van der Waals surface area contributed by atoms with Crippen molar-refractivity contribution in [1.29, 1.82) is 0 Å². The van der Waals surface area contributed by atoms with Gasteiger partial charge in [-0.2, -0.15) is 0 Å². The third-order valence-corrected chi connectivity index (χ3v) is 2.95. The van der Waals surface area contributed by atoms with Crippen LogP contribution in [0.1, 0.15) is 24.6 Å². The van der Waals surface area contributed by atoms with Gasteiger partial charge in [-0.3, -0.25) is 0 Å². The molecule has 0 amide bonds. The zero-order valence-corrected chi connectivity index (χ0v) is 10.8. The van der Waals surface area contributed by atoms with Crippen molar-refractivity contribution in [1.82, 2.24) is 9.88 Å². The van der Waals surface area contributed by atoms with Gasteiger partial charge in [0.2, 0.25) is 0 Å². The summed E-state index contributed by atoms with van der Waals surface area (Å²) in [7, 11) is 0. The van der Waals surface area contributed by atoms with Gasteiger partial charge < -0.3 is 15.0 Å². The van der Waals surface area contributed by atoms with Crippen molar-refractivity contribution in [3.8, 4) is 5.75 Å². The molecule has 2 N–H and O–H groups in total. The van der Waals surface area contributed by atoms with E-state index in [-0.39, 0.29) is 0 Å². The Hall–Kier alpha value is -1.74. The topological polar surface area (TPSA) is 37.2 Å². The van der Waals surface area contributed by atoms with Crippen LogP contribution < -0.4 is 5.32 Å². The number of benzene rings is 1. The molecule has 0 radical (unpaired) electrons. The van der Waals surface area contributed by atoms with E-state index >= 15 is 0 Å². The molecule has 0 unspecified atom stereocenters. The van der Waals surface area contributed by atoms with Gasteiger partial charge in [-0.25, -0.2) is 0 Å². The first-order valence-electron chi connectivity index (χ1n) is 6.42. The summed E-state index contributed by atoms with van der Waals surface area (Å²) < 4.78 is 2.23. The molecule has 2 aromatic rings. The quantitative estimate of drug-likeness (QED) is 0.767. The Morgan fingerprint density at radius 3 is 2.67 bits per heavy atom. The van der Waals surface area contributed by atoms with Gasteiger partial charge in [0.25, 0.3) is 0 Å². The zero-order chi connectivity index (χ0) is 12.8. The molecule has 3 heteroatoms. The van der Waals surface area contributed by atoms with Gasteiger partial charge in [0.15, 0.2) is 0 Å². The fourth-order valence-electron chi connectivity index (χ4n) is 1.96. The Morgan fingerprint density at radius 2 is 1.94 bits per heavy atom. The Labute approximate surface area is 108 Å². The van der Waals surface area contributed by atoms with E-state index in [4.69, 9.17) is 0 Å². The minimum Gasteiger partial charge on any atom is -0.508 e. The average molecular weight is 244 g/mol. The van der Waals surface area contributed by atoms with Gasteiger partial charge in [0.1, 0.15) is 5.75 Å². The number of nitrogens with zero attached hydrogens (tertiary/aromatic N) is 1. The molecule has 1 aromatic heterocycles. The molecule has 1 aromatic carbocycles. The van der Waals surface area contributed by atoms with E-state index in [0.29, 0.717) is 5.75 Å². The lowest BCUT2D eigenvalue weighted by Crippen LogP contribution is -2.16. The monoisotopic (exact) mass is 244 g/mol.